The Morgan fingerprint density at radius 2 is 1.62 bits per heavy atom. The lowest BCUT2D eigenvalue weighted by atomic mass is 9.88. The van der Waals surface area contributed by atoms with Gasteiger partial charge in [-0.05, 0) is 24.3 Å². The minimum Gasteiger partial charge on any atom is -0.478 e. The molecular weight excluding hydrogens is 595 g/mol. The number of benzene rings is 2. The molecule has 0 unspecified atom stereocenters. The number of carbonyl (C=O) groups is 4. The fourth-order valence-corrected chi connectivity index (χ4v) is 4.80. The number of aromatic nitrogens is 1. The highest BCUT2D eigenvalue weighted by Crippen LogP contribution is 2.46. The third kappa shape index (κ3) is 5.42. The molecule has 1 aliphatic rings. The predicted molar refractivity (Wildman–Crippen MR) is 134 cm³/mol. The highest BCUT2D eigenvalue weighted by Gasteiger charge is 2.41. The van der Waals surface area contributed by atoms with Crippen molar-refractivity contribution in [3.63, 3.8) is 0 Å². The summed E-state index contributed by atoms with van der Waals surface area (Å²) >= 11 is 5.74. The number of pyridine rings is 1. The van der Waals surface area contributed by atoms with Gasteiger partial charge in [-0.15, -0.1) is 0 Å². The molecule has 3 aromatic rings. The van der Waals surface area contributed by atoms with Crippen LogP contribution in [0.2, 0.25) is 5.02 Å². The second-order valence-electron chi connectivity index (χ2n) is 8.70. The van der Waals surface area contributed by atoms with Crippen molar-refractivity contribution in [3.8, 4) is 11.1 Å². The van der Waals surface area contributed by atoms with E-state index in [4.69, 9.17) is 16.3 Å². The molecule has 2 heterocycles. The lowest BCUT2D eigenvalue weighted by Crippen LogP contribution is -2.33. The molecule has 2 amide bonds. The van der Waals surface area contributed by atoms with E-state index in [2.05, 4.69) is 9.72 Å². The molecule has 4 rings (SSSR count). The molecule has 0 saturated carbocycles. The van der Waals surface area contributed by atoms with Crippen LogP contribution in [0.4, 0.5) is 22.0 Å². The number of carboxylic acids is 1. The Hall–Kier alpha value is -4.43. The van der Waals surface area contributed by atoms with Crippen molar-refractivity contribution in [1.82, 2.24) is 9.88 Å². The van der Waals surface area contributed by atoms with Crippen molar-refractivity contribution >= 4 is 35.4 Å². The number of hydrogen-bond donors (Lipinski definition) is 1. The van der Waals surface area contributed by atoms with E-state index in [1.807, 2.05) is 0 Å². The monoisotopic (exact) mass is 612 g/mol. The zero-order valence-electron chi connectivity index (χ0n) is 21.4. The fourth-order valence-electron chi connectivity index (χ4n) is 4.53. The summed E-state index contributed by atoms with van der Waals surface area (Å²) < 4.78 is 81.4. The lowest BCUT2D eigenvalue weighted by molar-refractivity contribution is -0.137. The van der Waals surface area contributed by atoms with Crippen LogP contribution < -0.4 is 0 Å². The van der Waals surface area contributed by atoms with E-state index in [-0.39, 0.29) is 17.7 Å². The quantitative estimate of drug-likeness (QED) is 0.149. The van der Waals surface area contributed by atoms with E-state index in [0.717, 1.165) is 12.0 Å². The van der Waals surface area contributed by atoms with Crippen LogP contribution in [0.5, 0.6) is 0 Å². The van der Waals surface area contributed by atoms with E-state index in [1.165, 1.54) is 12.1 Å². The molecule has 15 heteroatoms. The van der Waals surface area contributed by atoms with E-state index in [0.29, 0.717) is 12.1 Å². The van der Waals surface area contributed by atoms with Crippen molar-refractivity contribution in [2.75, 3.05) is 20.3 Å². The number of carboxylic acid groups (broad SMARTS) is 1. The molecule has 2 aromatic carbocycles. The van der Waals surface area contributed by atoms with Gasteiger partial charge < -0.3 is 14.6 Å². The lowest BCUT2D eigenvalue weighted by Gasteiger charge is -2.22. The maximum atomic E-state index is 15.2. The number of aromatic carboxylic acids is 1. The standard InChI is InChI=1S/C27H18ClF5N2O7/c1-41-26(40)20-16(10-29)34-17(11-42-9-8-35-23(36)12-4-2-3-5-13(12)24(35)37)19(25(38)39)21(20)18-15(30)7-6-14(28)22(18)27(31,32)33/h2-7H,8-11H2,1H3,(H,38,39). The first kappa shape index (κ1) is 30.5. The Bertz CT molecular complexity index is 1590. The molecule has 1 N–H and O–H groups in total. The Morgan fingerprint density at radius 3 is 2.14 bits per heavy atom. The number of hydrogen-bond acceptors (Lipinski definition) is 7. The van der Waals surface area contributed by atoms with Gasteiger partial charge in [-0.2, -0.15) is 13.2 Å². The van der Waals surface area contributed by atoms with Crippen LogP contribution >= 0.6 is 11.6 Å². The molecule has 0 aliphatic carbocycles. The summed E-state index contributed by atoms with van der Waals surface area (Å²) in [6.45, 7) is -3.11. The van der Waals surface area contributed by atoms with Gasteiger partial charge in [0, 0.05) is 11.1 Å². The minimum absolute atomic E-state index is 0.164. The fraction of sp³-hybridized carbons (Fsp3) is 0.222. The SMILES string of the molecule is COC(=O)c1c(CF)nc(COCCN2C(=O)c3ccccc3C2=O)c(C(=O)O)c1-c1c(F)ccc(Cl)c1C(F)(F)F. The summed E-state index contributed by atoms with van der Waals surface area (Å²) in [5, 5.41) is 9.00. The topological polar surface area (TPSA) is 123 Å². The molecule has 0 fully saturated rings. The molecule has 42 heavy (non-hydrogen) atoms. The summed E-state index contributed by atoms with van der Waals surface area (Å²) in [4.78, 5) is 54.8. The van der Waals surface area contributed by atoms with Gasteiger partial charge in [0.25, 0.3) is 11.8 Å². The summed E-state index contributed by atoms with van der Waals surface area (Å²) in [5.41, 5.74) is -7.78. The predicted octanol–water partition coefficient (Wildman–Crippen LogP) is 5.33. The molecule has 0 spiro atoms. The molecule has 1 aromatic heterocycles. The van der Waals surface area contributed by atoms with Gasteiger partial charge >= 0.3 is 18.1 Å². The molecule has 1 aliphatic heterocycles. The summed E-state index contributed by atoms with van der Waals surface area (Å²) in [5.74, 6) is -6.28. The van der Waals surface area contributed by atoms with Gasteiger partial charge in [0.15, 0.2) is 0 Å². The molecule has 9 nitrogen and oxygen atoms in total. The second-order valence-corrected chi connectivity index (χ2v) is 9.10. The third-order valence-corrected chi connectivity index (χ3v) is 6.61. The van der Waals surface area contributed by atoms with Crippen molar-refractivity contribution < 1.29 is 55.7 Å². The van der Waals surface area contributed by atoms with Crippen LogP contribution in [0.1, 0.15) is 58.4 Å². The van der Waals surface area contributed by atoms with Gasteiger partial charge in [0.05, 0.1) is 71.1 Å². The van der Waals surface area contributed by atoms with Crippen molar-refractivity contribution in [2.24, 2.45) is 0 Å². The first-order valence-electron chi connectivity index (χ1n) is 11.8. The van der Waals surface area contributed by atoms with Crippen molar-refractivity contribution in [1.29, 1.82) is 0 Å². The molecule has 0 saturated heterocycles. The van der Waals surface area contributed by atoms with Gasteiger partial charge in [-0.3, -0.25) is 19.5 Å². The van der Waals surface area contributed by atoms with E-state index in [9.17, 15) is 41.8 Å². The normalized spacial score (nSPS) is 13.0. The maximum absolute atomic E-state index is 15.2. The van der Waals surface area contributed by atoms with Gasteiger partial charge in [0.2, 0.25) is 0 Å². The largest absolute Gasteiger partial charge is 0.478 e. The maximum Gasteiger partial charge on any atom is 0.418 e. The number of ether oxygens (including phenoxy) is 2. The second kappa shape index (κ2) is 11.8. The summed E-state index contributed by atoms with van der Waals surface area (Å²) in [6, 6.07) is 7.14. The van der Waals surface area contributed by atoms with Gasteiger partial charge in [-0.25, -0.2) is 18.4 Å². The number of rotatable bonds is 9. The van der Waals surface area contributed by atoms with Gasteiger partial charge in [-0.1, -0.05) is 23.7 Å². The molecule has 220 valence electrons. The number of methoxy groups -OCH3 is 1. The van der Waals surface area contributed by atoms with Crippen LogP contribution in [-0.4, -0.2) is 59.0 Å². The Morgan fingerprint density at radius 1 is 1.00 bits per heavy atom. The number of carbonyl (C=O) groups excluding carboxylic acids is 3. The molecule has 0 atom stereocenters. The van der Waals surface area contributed by atoms with E-state index < -0.39 is 99.9 Å². The summed E-state index contributed by atoms with van der Waals surface area (Å²) in [6.07, 6.45) is -5.35. The highest BCUT2D eigenvalue weighted by molar-refractivity contribution is 6.32. The average molecular weight is 613 g/mol. The first-order valence-corrected chi connectivity index (χ1v) is 12.2. The van der Waals surface area contributed by atoms with E-state index >= 15 is 4.39 Å². The van der Waals surface area contributed by atoms with E-state index in [1.54, 1.807) is 12.1 Å². The third-order valence-electron chi connectivity index (χ3n) is 6.29. The molecular formula is C27H18ClF5N2O7. The molecule has 0 radical (unpaired) electrons. The van der Waals surface area contributed by atoms with Crippen LogP contribution in [0.25, 0.3) is 11.1 Å². The van der Waals surface area contributed by atoms with Gasteiger partial charge in [0.1, 0.15) is 12.5 Å². The number of alkyl halides is 4. The number of amides is 2. The zero-order chi connectivity index (χ0) is 30.9. The van der Waals surface area contributed by atoms with Crippen LogP contribution in [0.3, 0.4) is 0 Å². The zero-order valence-corrected chi connectivity index (χ0v) is 22.1. The smallest absolute Gasteiger partial charge is 0.418 e. The number of fused-ring (bicyclic) bond motifs is 1. The van der Waals surface area contributed by atoms with Crippen LogP contribution in [-0.2, 0) is 28.9 Å². The number of esters is 1. The number of halogens is 6. The van der Waals surface area contributed by atoms with Crippen molar-refractivity contribution in [2.45, 2.75) is 19.5 Å². The Kier molecular flexibility index (Phi) is 8.59. The summed E-state index contributed by atoms with van der Waals surface area (Å²) in [7, 11) is 0.795. The first-order chi connectivity index (χ1) is 19.8. The Labute approximate surface area is 238 Å². The van der Waals surface area contributed by atoms with Crippen LogP contribution in [0, 0.1) is 5.82 Å². The van der Waals surface area contributed by atoms with Crippen LogP contribution in [0.15, 0.2) is 36.4 Å². The van der Waals surface area contributed by atoms with Crippen molar-refractivity contribution in [3.05, 3.63) is 86.4 Å². The Balaban J connectivity index is 1.79. The average Bonchev–Trinajstić information content (AvgIpc) is 3.19. The minimum atomic E-state index is -5.35. The highest BCUT2D eigenvalue weighted by atomic mass is 35.5. The number of imide groups is 1. The molecule has 0 bridgehead atoms. The number of nitrogens with zero attached hydrogens (tertiary/aromatic N) is 2.